The fourth-order valence-corrected chi connectivity index (χ4v) is 0.770. The Bertz CT molecular complexity index is 66.8. The molecule has 0 aromatic rings. The summed E-state index contributed by atoms with van der Waals surface area (Å²) in [6.07, 6.45) is 4.07. The second-order valence-electron chi connectivity index (χ2n) is 2.75. The molecule has 0 aromatic carbocycles. The van der Waals surface area contributed by atoms with E-state index in [1.54, 1.807) is 0 Å². The molecule has 1 aliphatic rings. The van der Waals surface area contributed by atoms with E-state index >= 15 is 0 Å². The molecule has 0 heterocycles. The second kappa shape index (κ2) is 2.49. The first-order valence-electron chi connectivity index (χ1n) is 3.59. The zero-order valence-electron chi connectivity index (χ0n) is 5.78. The first-order valence-corrected chi connectivity index (χ1v) is 3.59. The van der Waals surface area contributed by atoms with Crippen LogP contribution in [0, 0.1) is 0 Å². The maximum atomic E-state index is 3.50. The highest BCUT2D eigenvalue weighted by atomic mass is 15.0. The van der Waals surface area contributed by atoms with Crippen LogP contribution < -0.4 is 5.32 Å². The van der Waals surface area contributed by atoms with E-state index in [0.29, 0.717) is 0 Å². The van der Waals surface area contributed by atoms with E-state index in [0.717, 1.165) is 12.1 Å². The fourth-order valence-electron chi connectivity index (χ4n) is 0.770. The molecule has 8 heavy (non-hydrogen) atoms. The first-order chi connectivity index (χ1) is 3.83. The molecule has 0 aliphatic heterocycles. The van der Waals surface area contributed by atoms with Gasteiger partial charge in [-0.1, -0.05) is 6.92 Å². The molecule has 0 amide bonds. The lowest BCUT2D eigenvalue weighted by Crippen LogP contribution is -2.26. The Balaban J connectivity index is 1.98. The van der Waals surface area contributed by atoms with Gasteiger partial charge in [0, 0.05) is 12.1 Å². The van der Waals surface area contributed by atoms with Crippen LogP contribution in [0.1, 0.15) is 33.1 Å². The van der Waals surface area contributed by atoms with Crippen molar-refractivity contribution >= 4 is 0 Å². The quantitative estimate of drug-likeness (QED) is 0.585. The third-order valence-corrected chi connectivity index (χ3v) is 1.71. The zero-order valence-corrected chi connectivity index (χ0v) is 5.78. The molecule has 1 unspecified atom stereocenters. The molecule has 48 valence electrons. The van der Waals surface area contributed by atoms with Gasteiger partial charge in [0.2, 0.25) is 0 Å². The molecule has 0 spiro atoms. The van der Waals surface area contributed by atoms with Crippen molar-refractivity contribution in [2.24, 2.45) is 0 Å². The van der Waals surface area contributed by atoms with E-state index in [1.165, 1.54) is 19.3 Å². The van der Waals surface area contributed by atoms with E-state index < -0.39 is 0 Å². The normalized spacial score (nSPS) is 23.2. The van der Waals surface area contributed by atoms with Gasteiger partial charge in [-0.25, -0.2) is 0 Å². The molecule has 1 N–H and O–H groups in total. The highest BCUT2D eigenvalue weighted by Gasteiger charge is 2.21. The number of nitrogens with one attached hydrogen (secondary N) is 1. The van der Waals surface area contributed by atoms with Crippen LogP contribution in [-0.2, 0) is 0 Å². The van der Waals surface area contributed by atoms with Gasteiger partial charge in [0.15, 0.2) is 0 Å². The Morgan fingerprint density at radius 2 is 2.25 bits per heavy atom. The van der Waals surface area contributed by atoms with Gasteiger partial charge in [-0.05, 0) is 26.2 Å². The van der Waals surface area contributed by atoms with Crippen molar-refractivity contribution in [3.05, 3.63) is 0 Å². The molecule has 1 aliphatic carbocycles. The Hall–Kier alpha value is -0.0400. The van der Waals surface area contributed by atoms with Gasteiger partial charge in [0.05, 0.1) is 0 Å². The Kier molecular flexibility index (Phi) is 1.90. The third kappa shape index (κ3) is 1.83. The summed E-state index contributed by atoms with van der Waals surface area (Å²) in [5.41, 5.74) is 0. The standard InChI is InChI=1S/C7H15N/c1-3-6(2)8-7-4-5-7/h6-8H,3-5H2,1-2H3. The Morgan fingerprint density at radius 3 is 2.62 bits per heavy atom. The third-order valence-electron chi connectivity index (χ3n) is 1.71. The molecule has 1 atom stereocenters. The van der Waals surface area contributed by atoms with Crippen molar-refractivity contribution in [1.82, 2.24) is 5.32 Å². The van der Waals surface area contributed by atoms with Crippen LogP contribution in [0.4, 0.5) is 0 Å². The maximum absolute atomic E-state index is 3.50. The summed E-state index contributed by atoms with van der Waals surface area (Å²) >= 11 is 0. The van der Waals surface area contributed by atoms with Crippen molar-refractivity contribution in [2.75, 3.05) is 0 Å². The highest BCUT2D eigenvalue weighted by molar-refractivity contribution is 4.82. The van der Waals surface area contributed by atoms with Crippen LogP contribution >= 0.6 is 0 Å². The van der Waals surface area contributed by atoms with Crippen LogP contribution in [0.3, 0.4) is 0 Å². The smallest absolute Gasteiger partial charge is 0.00706 e. The minimum absolute atomic E-state index is 0.738. The summed E-state index contributed by atoms with van der Waals surface area (Å²) in [5, 5.41) is 3.50. The number of rotatable bonds is 3. The van der Waals surface area contributed by atoms with E-state index in [2.05, 4.69) is 19.2 Å². The molecule has 0 saturated heterocycles. The molecular formula is C7H15N. The van der Waals surface area contributed by atoms with E-state index in [1.807, 2.05) is 0 Å². The van der Waals surface area contributed by atoms with Crippen molar-refractivity contribution < 1.29 is 0 Å². The predicted molar refractivity (Wildman–Crippen MR) is 35.9 cm³/mol. The molecule has 0 radical (unpaired) electrons. The van der Waals surface area contributed by atoms with Crippen molar-refractivity contribution in [2.45, 2.75) is 45.2 Å². The highest BCUT2D eigenvalue weighted by Crippen LogP contribution is 2.19. The van der Waals surface area contributed by atoms with Crippen molar-refractivity contribution in [3.8, 4) is 0 Å². The molecule has 1 fully saturated rings. The molecule has 1 nitrogen and oxygen atoms in total. The van der Waals surface area contributed by atoms with Gasteiger partial charge in [-0.2, -0.15) is 0 Å². The SMILES string of the molecule is CCC(C)NC1CC1. The molecule has 0 aromatic heterocycles. The van der Waals surface area contributed by atoms with Gasteiger partial charge in [-0.15, -0.1) is 0 Å². The first kappa shape index (κ1) is 6.09. The van der Waals surface area contributed by atoms with E-state index in [-0.39, 0.29) is 0 Å². The van der Waals surface area contributed by atoms with Crippen LogP contribution in [0.25, 0.3) is 0 Å². The van der Waals surface area contributed by atoms with E-state index in [9.17, 15) is 0 Å². The summed E-state index contributed by atoms with van der Waals surface area (Å²) in [6.45, 7) is 4.47. The maximum Gasteiger partial charge on any atom is 0.00706 e. The average molecular weight is 113 g/mol. The van der Waals surface area contributed by atoms with Gasteiger partial charge in [-0.3, -0.25) is 0 Å². The summed E-state index contributed by atoms with van der Waals surface area (Å²) in [5.74, 6) is 0. The van der Waals surface area contributed by atoms with E-state index in [4.69, 9.17) is 0 Å². The Morgan fingerprint density at radius 1 is 1.62 bits per heavy atom. The lowest BCUT2D eigenvalue weighted by Gasteiger charge is -2.08. The monoisotopic (exact) mass is 113 g/mol. The van der Waals surface area contributed by atoms with Gasteiger partial charge >= 0.3 is 0 Å². The minimum atomic E-state index is 0.738. The lowest BCUT2D eigenvalue weighted by molar-refractivity contribution is 0.531. The summed E-state index contributed by atoms with van der Waals surface area (Å²) in [7, 11) is 0. The summed E-state index contributed by atoms with van der Waals surface area (Å²) < 4.78 is 0. The second-order valence-corrected chi connectivity index (χ2v) is 2.75. The van der Waals surface area contributed by atoms with Crippen LogP contribution in [0.5, 0.6) is 0 Å². The average Bonchev–Trinajstić information content (AvgIpc) is 2.50. The number of hydrogen-bond donors (Lipinski definition) is 1. The zero-order chi connectivity index (χ0) is 5.98. The molecule has 0 bridgehead atoms. The van der Waals surface area contributed by atoms with Crippen LogP contribution in [0.15, 0.2) is 0 Å². The molecule has 1 rings (SSSR count). The summed E-state index contributed by atoms with van der Waals surface area (Å²) in [4.78, 5) is 0. The number of hydrogen-bond acceptors (Lipinski definition) is 1. The Labute approximate surface area is 51.5 Å². The summed E-state index contributed by atoms with van der Waals surface area (Å²) in [6, 6.07) is 1.62. The minimum Gasteiger partial charge on any atom is -0.312 e. The lowest BCUT2D eigenvalue weighted by atomic mass is 10.2. The van der Waals surface area contributed by atoms with Gasteiger partial charge < -0.3 is 5.32 Å². The van der Waals surface area contributed by atoms with Gasteiger partial charge in [0.25, 0.3) is 0 Å². The van der Waals surface area contributed by atoms with Crippen LogP contribution in [0.2, 0.25) is 0 Å². The fraction of sp³-hybridized carbons (Fsp3) is 1.00. The van der Waals surface area contributed by atoms with Crippen molar-refractivity contribution in [3.63, 3.8) is 0 Å². The molecule has 1 heteroatoms. The van der Waals surface area contributed by atoms with Crippen molar-refractivity contribution in [1.29, 1.82) is 0 Å². The van der Waals surface area contributed by atoms with Crippen LogP contribution in [-0.4, -0.2) is 12.1 Å². The molecule has 1 saturated carbocycles. The predicted octanol–water partition coefficient (Wildman–Crippen LogP) is 1.54. The molecular weight excluding hydrogens is 98.1 g/mol. The van der Waals surface area contributed by atoms with Gasteiger partial charge in [0.1, 0.15) is 0 Å². The topological polar surface area (TPSA) is 12.0 Å². The largest absolute Gasteiger partial charge is 0.312 e.